The molecule has 1 N–H and O–H groups in total. The highest BCUT2D eigenvalue weighted by Crippen LogP contribution is 2.47. The number of hydrogen-bond donors (Lipinski definition) is 1. The molecule has 0 aromatic carbocycles. The van der Waals surface area contributed by atoms with Crippen LogP contribution in [0.2, 0.25) is 0 Å². The van der Waals surface area contributed by atoms with E-state index in [1.54, 1.807) is 0 Å². The van der Waals surface area contributed by atoms with Gasteiger partial charge in [0, 0.05) is 24.9 Å². The molecule has 1 nitrogen and oxygen atoms in total. The zero-order valence-corrected chi connectivity index (χ0v) is 5.03. The number of alkyl halides is 2. The summed E-state index contributed by atoms with van der Waals surface area (Å²) in [5, 5.41) is 3.03. The Morgan fingerprint density at radius 2 is 2.22 bits per heavy atom. The predicted molar refractivity (Wildman–Crippen MR) is 29.5 cm³/mol. The van der Waals surface area contributed by atoms with Crippen LogP contribution in [0, 0.1) is 5.92 Å². The third kappa shape index (κ3) is 0.748. The van der Waals surface area contributed by atoms with E-state index in [2.05, 4.69) is 5.32 Å². The van der Waals surface area contributed by atoms with Crippen molar-refractivity contribution in [2.75, 3.05) is 6.54 Å². The van der Waals surface area contributed by atoms with Gasteiger partial charge in [-0.15, -0.1) is 0 Å². The summed E-state index contributed by atoms with van der Waals surface area (Å²) >= 11 is 0. The van der Waals surface area contributed by atoms with Crippen molar-refractivity contribution in [2.45, 2.75) is 24.8 Å². The van der Waals surface area contributed by atoms with E-state index in [0.717, 1.165) is 0 Å². The molecule has 1 aliphatic heterocycles. The third-order valence-corrected chi connectivity index (χ3v) is 2.20. The molecule has 0 radical (unpaired) electrons. The van der Waals surface area contributed by atoms with Gasteiger partial charge in [-0.2, -0.15) is 0 Å². The Hall–Kier alpha value is -0.180. The second-order valence-electron chi connectivity index (χ2n) is 2.91. The van der Waals surface area contributed by atoms with Gasteiger partial charge in [0.05, 0.1) is 0 Å². The summed E-state index contributed by atoms with van der Waals surface area (Å²) < 4.78 is 25.2. The minimum absolute atomic E-state index is 0.0359. The molecule has 2 atom stereocenters. The van der Waals surface area contributed by atoms with E-state index >= 15 is 0 Å². The van der Waals surface area contributed by atoms with Gasteiger partial charge in [-0.25, -0.2) is 8.78 Å². The van der Waals surface area contributed by atoms with E-state index in [-0.39, 0.29) is 18.4 Å². The summed E-state index contributed by atoms with van der Waals surface area (Å²) in [7, 11) is 0. The van der Waals surface area contributed by atoms with Crippen molar-refractivity contribution in [3.8, 4) is 0 Å². The molecule has 52 valence electrons. The van der Waals surface area contributed by atoms with Crippen LogP contribution in [-0.4, -0.2) is 18.5 Å². The summed E-state index contributed by atoms with van der Waals surface area (Å²) in [4.78, 5) is 0. The second-order valence-corrected chi connectivity index (χ2v) is 2.91. The van der Waals surface area contributed by atoms with Gasteiger partial charge in [-0.1, -0.05) is 0 Å². The monoisotopic (exact) mass is 133 g/mol. The van der Waals surface area contributed by atoms with E-state index in [0.29, 0.717) is 13.0 Å². The fourth-order valence-electron chi connectivity index (χ4n) is 1.50. The van der Waals surface area contributed by atoms with Crippen LogP contribution in [0.4, 0.5) is 8.78 Å². The minimum atomic E-state index is -2.35. The molecule has 1 saturated heterocycles. The Kier molecular flexibility index (Phi) is 0.903. The molecule has 9 heavy (non-hydrogen) atoms. The summed E-state index contributed by atoms with van der Waals surface area (Å²) in [5.74, 6) is -2.68. The Morgan fingerprint density at radius 3 is 2.78 bits per heavy atom. The molecule has 2 fully saturated rings. The van der Waals surface area contributed by atoms with Crippen LogP contribution in [-0.2, 0) is 0 Å². The van der Waals surface area contributed by atoms with Crippen molar-refractivity contribution in [2.24, 2.45) is 5.92 Å². The maximum absolute atomic E-state index is 12.6. The smallest absolute Gasteiger partial charge is 0.253 e. The number of hydrogen-bond acceptors (Lipinski definition) is 1. The molecule has 0 aromatic heterocycles. The van der Waals surface area contributed by atoms with E-state index in [9.17, 15) is 8.78 Å². The third-order valence-electron chi connectivity index (χ3n) is 2.20. The van der Waals surface area contributed by atoms with Crippen molar-refractivity contribution in [1.29, 1.82) is 0 Å². The summed E-state index contributed by atoms with van der Waals surface area (Å²) in [6.07, 6.45) is 0.723. The quantitative estimate of drug-likeness (QED) is 0.520. The number of fused-ring (bicyclic) bond motifs is 1. The largest absolute Gasteiger partial charge is 0.313 e. The Morgan fingerprint density at radius 1 is 1.44 bits per heavy atom. The zero-order chi connectivity index (χ0) is 6.48. The number of piperidine rings is 1. The van der Waals surface area contributed by atoms with Gasteiger partial charge in [0.1, 0.15) is 0 Å². The summed E-state index contributed by atoms with van der Waals surface area (Å²) in [6.45, 7) is 0.494. The lowest BCUT2D eigenvalue weighted by molar-refractivity contribution is -0.0427. The molecule has 0 aromatic rings. The normalized spacial score (nSPS) is 46.0. The summed E-state index contributed by atoms with van der Waals surface area (Å²) in [5.41, 5.74) is 0. The molecule has 2 unspecified atom stereocenters. The van der Waals surface area contributed by atoms with Crippen LogP contribution in [0.3, 0.4) is 0 Å². The maximum Gasteiger partial charge on any atom is 0.253 e. The molecule has 2 aliphatic rings. The highest BCUT2D eigenvalue weighted by molar-refractivity contribution is 5.04. The van der Waals surface area contributed by atoms with Crippen LogP contribution in [0.25, 0.3) is 0 Å². The van der Waals surface area contributed by atoms with Crippen molar-refractivity contribution in [3.63, 3.8) is 0 Å². The molecular formula is C6H9F2N. The zero-order valence-electron chi connectivity index (χ0n) is 5.03. The number of nitrogens with one attached hydrogen (secondary N) is 1. The van der Waals surface area contributed by atoms with Gasteiger partial charge in [-0.05, 0) is 6.42 Å². The van der Waals surface area contributed by atoms with Gasteiger partial charge < -0.3 is 5.32 Å². The number of halogens is 2. The second kappa shape index (κ2) is 1.45. The highest BCUT2D eigenvalue weighted by Gasteiger charge is 2.56. The van der Waals surface area contributed by atoms with E-state index in [4.69, 9.17) is 0 Å². The molecule has 1 heterocycles. The average molecular weight is 133 g/mol. The molecule has 1 saturated carbocycles. The van der Waals surface area contributed by atoms with E-state index in [1.807, 2.05) is 0 Å². The van der Waals surface area contributed by atoms with Crippen LogP contribution in [0.15, 0.2) is 0 Å². The minimum Gasteiger partial charge on any atom is -0.313 e. The van der Waals surface area contributed by atoms with Gasteiger partial charge in [0.15, 0.2) is 0 Å². The SMILES string of the molecule is FC1(F)CCNC2CC21. The predicted octanol–water partition coefficient (Wildman–Crippen LogP) is 1.00. The summed E-state index contributed by atoms with van der Waals surface area (Å²) in [6, 6.07) is 0.147. The number of rotatable bonds is 0. The first-order valence-electron chi connectivity index (χ1n) is 3.31. The lowest BCUT2D eigenvalue weighted by atomic mass is 10.1. The van der Waals surface area contributed by atoms with Crippen LogP contribution in [0.5, 0.6) is 0 Å². The van der Waals surface area contributed by atoms with Crippen molar-refractivity contribution in [3.05, 3.63) is 0 Å². The van der Waals surface area contributed by atoms with Crippen molar-refractivity contribution < 1.29 is 8.78 Å². The van der Waals surface area contributed by atoms with E-state index < -0.39 is 5.92 Å². The van der Waals surface area contributed by atoms with Gasteiger partial charge in [0.25, 0.3) is 5.92 Å². The fraction of sp³-hybridized carbons (Fsp3) is 1.00. The molecule has 2 rings (SSSR count). The standard InChI is InChI=1S/C6H9F2N/c7-6(8)1-2-9-5-3-4(5)6/h4-5,9H,1-3H2. The van der Waals surface area contributed by atoms with Crippen LogP contribution in [0.1, 0.15) is 12.8 Å². The topological polar surface area (TPSA) is 12.0 Å². The lowest BCUT2D eigenvalue weighted by Gasteiger charge is -2.21. The molecule has 3 heteroatoms. The molecule has 0 bridgehead atoms. The molecule has 1 aliphatic carbocycles. The van der Waals surface area contributed by atoms with Crippen LogP contribution < -0.4 is 5.32 Å². The molecule has 0 spiro atoms. The Bertz CT molecular complexity index is 135. The van der Waals surface area contributed by atoms with Crippen molar-refractivity contribution >= 4 is 0 Å². The van der Waals surface area contributed by atoms with Gasteiger partial charge in [-0.3, -0.25) is 0 Å². The van der Waals surface area contributed by atoms with Crippen molar-refractivity contribution in [1.82, 2.24) is 5.32 Å². The maximum atomic E-state index is 12.6. The van der Waals surface area contributed by atoms with Gasteiger partial charge in [0.2, 0.25) is 0 Å². The molecule has 0 amide bonds. The average Bonchev–Trinajstić information content (AvgIpc) is 2.43. The fourth-order valence-corrected chi connectivity index (χ4v) is 1.50. The van der Waals surface area contributed by atoms with E-state index in [1.165, 1.54) is 0 Å². The first-order chi connectivity index (χ1) is 4.20. The Labute approximate surface area is 52.4 Å². The lowest BCUT2D eigenvalue weighted by Crippen LogP contribution is -2.36. The first-order valence-corrected chi connectivity index (χ1v) is 3.31. The van der Waals surface area contributed by atoms with Crippen LogP contribution >= 0.6 is 0 Å². The Balaban J connectivity index is 2.09. The highest BCUT2D eigenvalue weighted by atomic mass is 19.3. The molecular weight excluding hydrogens is 124 g/mol. The first kappa shape index (κ1) is 5.59. The van der Waals surface area contributed by atoms with Gasteiger partial charge >= 0.3 is 0 Å².